The maximum atomic E-state index is 10.7. The van der Waals surface area contributed by atoms with Crippen LogP contribution in [0.25, 0.3) is 0 Å². The molecule has 0 bridgehead atoms. The standard InChI is InChI=1S/C9H5Br2NO2/c10-3-6-1-5(9(13)14)2-8(11)7(6)4-12/h1-2H,3H2,(H,13,14). The van der Waals surface area contributed by atoms with Gasteiger partial charge < -0.3 is 5.11 Å². The van der Waals surface area contributed by atoms with Crippen molar-refractivity contribution >= 4 is 37.8 Å². The van der Waals surface area contributed by atoms with Gasteiger partial charge >= 0.3 is 5.97 Å². The fraction of sp³-hybridized carbons (Fsp3) is 0.111. The summed E-state index contributed by atoms with van der Waals surface area (Å²) in [6.07, 6.45) is 0. The first-order valence-electron chi connectivity index (χ1n) is 3.62. The Kier molecular flexibility index (Phi) is 3.67. The molecule has 1 N–H and O–H groups in total. The molecule has 0 fully saturated rings. The zero-order valence-corrected chi connectivity index (χ0v) is 10.1. The van der Waals surface area contributed by atoms with Crippen LogP contribution in [0.1, 0.15) is 21.5 Å². The molecule has 0 aliphatic carbocycles. The fourth-order valence-corrected chi connectivity index (χ4v) is 2.05. The maximum Gasteiger partial charge on any atom is 0.335 e. The smallest absolute Gasteiger partial charge is 0.335 e. The van der Waals surface area contributed by atoms with E-state index in [0.717, 1.165) is 0 Å². The lowest BCUT2D eigenvalue weighted by atomic mass is 10.1. The van der Waals surface area contributed by atoms with Crippen molar-refractivity contribution in [2.45, 2.75) is 5.33 Å². The summed E-state index contributed by atoms with van der Waals surface area (Å²) in [6, 6.07) is 4.92. The Balaban J connectivity index is 3.40. The molecular weight excluding hydrogens is 314 g/mol. The fourth-order valence-electron chi connectivity index (χ4n) is 1.02. The number of carbonyl (C=O) groups is 1. The molecule has 72 valence electrons. The van der Waals surface area contributed by atoms with Crippen molar-refractivity contribution in [3.05, 3.63) is 33.3 Å². The minimum atomic E-state index is -1.00. The minimum absolute atomic E-state index is 0.172. The van der Waals surface area contributed by atoms with Gasteiger partial charge in [-0.25, -0.2) is 4.79 Å². The first-order valence-corrected chi connectivity index (χ1v) is 5.53. The van der Waals surface area contributed by atoms with E-state index < -0.39 is 5.97 Å². The lowest BCUT2D eigenvalue weighted by Crippen LogP contribution is -1.99. The number of carboxylic acid groups (broad SMARTS) is 1. The van der Waals surface area contributed by atoms with E-state index in [1.54, 1.807) is 0 Å². The molecule has 1 aromatic carbocycles. The summed E-state index contributed by atoms with van der Waals surface area (Å²) in [5.41, 5.74) is 1.30. The van der Waals surface area contributed by atoms with E-state index in [4.69, 9.17) is 10.4 Å². The topological polar surface area (TPSA) is 61.1 Å². The van der Waals surface area contributed by atoms with Crippen molar-refractivity contribution in [2.24, 2.45) is 0 Å². The number of carboxylic acids is 1. The second-order valence-electron chi connectivity index (χ2n) is 2.54. The third-order valence-electron chi connectivity index (χ3n) is 1.67. The molecule has 0 amide bonds. The van der Waals surface area contributed by atoms with Crippen molar-refractivity contribution in [1.82, 2.24) is 0 Å². The summed E-state index contributed by atoms with van der Waals surface area (Å²) in [6.45, 7) is 0. The molecule has 0 aliphatic heterocycles. The molecule has 0 saturated heterocycles. The third-order valence-corrected chi connectivity index (χ3v) is 2.90. The van der Waals surface area contributed by atoms with E-state index in [9.17, 15) is 4.79 Å². The molecule has 0 aliphatic rings. The van der Waals surface area contributed by atoms with Gasteiger partial charge in [0.05, 0.1) is 11.1 Å². The Labute approximate surface area is 97.6 Å². The van der Waals surface area contributed by atoms with Crippen molar-refractivity contribution in [3.8, 4) is 6.07 Å². The van der Waals surface area contributed by atoms with Gasteiger partial charge in [-0.05, 0) is 33.6 Å². The van der Waals surface area contributed by atoms with Crippen LogP contribution in [0.15, 0.2) is 16.6 Å². The van der Waals surface area contributed by atoms with E-state index >= 15 is 0 Å². The second-order valence-corrected chi connectivity index (χ2v) is 3.96. The van der Waals surface area contributed by atoms with Gasteiger partial charge in [-0.2, -0.15) is 5.26 Å². The summed E-state index contributed by atoms with van der Waals surface area (Å²) < 4.78 is 0.509. The van der Waals surface area contributed by atoms with E-state index in [2.05, 4.69) is 31.9 Å². The molecule has 3 nitrogen and oxygen atoms in total. The van der Waals surface area contributed by atoms with Gasteiger partial charge in [-0.3, -0.25) is 0 Å². The monoisotopic (exact) mass is 317 g/mol. The molecule has 1 aromatic rings. The highest BCUT2D eigenvalue weighted by Crippen LogP contribution is 2.24. The number of nitriles is 1. The number of halogens is 2. The molecule has 14 heavy (non-hydrogen) atoms. The molecular formula is C9H5Br2NO2. The zero-order chi connectivity index (χ0) is 10.7. The summed E-state index contributed by atoms with van der Waals surface area (Å²) in [5, 5.41) is 18.0. The van der Waals surface area contributed by atoms with Crippen LogP contribution in [0.4, 0.5) is 0 Å². The maximum absolute atomic E-state index is 10.7. The van der Waals surface area contributed by atoms with Crippen LogP contribution in [0.5, 0.6) is 0 Å². The number of benzene rings is 1. The van der Waals surface area contributed by atoms with Crippen molar-refractivity contribution in [2.75, 3.05) is 0 Å². The Bertz CT molecular complexity index is 424. The van der Waals surface area contributed by atoms with Crippen LogP contribution >= 0.6 is 31.9 Å². The molecule has 0 atom stereocenters. The van der Waals surface area contributed by atoms with E-state index in [1.165, 1.54) is 12.1 Å². The van der Waals surface area contributed by atoms with Crippen molar-refractivity contribution in [3.63, 3.8) is 0 Å². The number of hydrogen-bond acceptors (Lipinski definition) is 2. The van der Waals surface area contributed by atoms with Gasteiger partial charge in [-0.15, -0.1) is 0 Å². The number of hydrogen-bond donors (Lipinski definition) is 1. The lowest BCUT2D eigenvalue weighted by Gasteiger charge is -2.04. The van der Waals surface area contributed by atoms with E-state index in [1.807, 2.05) is 6.07 Å². The molecule has 0 spiro atoms. The summed E-state index contributed by atoms with van der Waals surface area (Å²) in [4.78, 5) is 10.7. The second kappa shape index (κ2) is 4.58. The highest BCUT2D eigenvalue weighted by Gasteiger charge is 2.11. The van der Waals surface area contributed by atoms with E-state index in [-0.39, 0.29) is 5.56 Å². The van der Waals surface area contributed by atoms with Crippen LogP contribution in [0.3, 0.4) is 0 Å². The van der Waals surface area contributed by atoms with Crippen LogP contribution in [-0.4, -0.2) is 11.1 Å². The molecule has 0 radical (unpaired) electrons. The quantitative estimate of drug-likeness (QED) is 0.853. The summed E-state index contributed by atoms with van der Waals surface area (Å²) in [7, 11) is 0. The number of rotatable bonds is 2. The normalized spacial score (nSPS) is 9.50. The predicted molar refractivity (Wildman–Crippen MR) is 58.4 cm³/mol. The van der Waals surface area contributed by atoms with Crippen molar-refractivity contribution < 1.29 is 9.90 Å². The highest BCUT2D eigenvalue weighted by atomic mass is 79.9. The molecule has 0 aromatic heterocycles. The first kappa shape index (κ1) is 11.2. The van der Waals surface area contributed by atoms with Gasteiger partial charge in [0.25, 0.3) is 0 Å². The van der Waals surface area contributed by atoms with Gasteiger partial charge in [0.2, 0.25) is 0 Å². The molecule has 0 unspecified atom stereocenters. The van der Waals surface area contributed by atoms with E-state index in [0.29, 0.717) is 20.9 Å². The number of aromatic carboxylic acids is 1. The molecule has 5 heteroatoms. The van der Waals surface area contributed by atoms with Crippen LogP contribution < -0.4 is 0 Å². The predicted octanol–water partition coefficient (Wildman–Crippen LogP) is 2.91. The number of nitrogens with zero attached hydrogens (tertiary/aromatic N) is 1. The largest absolute Gasteiger partial charge is 0.478 e. The highest BCUT2D eigenvalue weighted by molar-refractivity contribution is 9.10. The minimum Gasteiger partial charge on any atom is -0.478 e. The van der Waals surface area contributed by atoms with Crippen molar-refractivity contribution in [1.29, 1.82) is 5.26 Å². The zero-order valence-electron chi connectivity index (χ0n) is 6.92. The Morgan fingerprint density at radius 3 is 2.64 bits per heavy atom. The molecule has 0 heterocycles. The van der Waals surface area contributed by atoms with Crippen LogP contribution in [-0.2, 0) is 5.33 Å². The Morgan fingerprint density at radius 2 is 2.21 bits per heavy atom. The van der Waals surface area contributed by atoms with Gasteiger partial charge in [0.1, 0.15) is 6.07 Å². The third kappa shape index (κ3) is 2.14. The van der Waals surface area contributed by atoms with Gasteiger partial charge in [0.15, 0.2) is 0 Å². The lowest BCUT2D eigenvalue weighted by molar-refractivity contribution is 0.0696. The summed E-state index contributed by atoms with van der Waals surface area (Å²) in [5.74, 6) is -1.00. The SMILES string of the molecule is N#Cc1c(Br)cc(C(=O)O)cc1CBr. The Hall–Kier alpha value is -0.860. The van der Waals surface area contributed by atoms with Gasteiger partial charge in [0, 0.05) is 9.80 Å². The number of alkyl halides is 1. The van der Waals surface area contributed by atoms with Crippen LogP contribution in [0.2, 0.25) is 0 Å². The first-order chi connectivity index (χ1) is 6.60. The molecule has 0 saturated carbocycles. The molecule has 1 rings (SSSR count). The van der Waals surface area contributed by atoms with Crippen LogP contribution in [0, 0.1) is 11.3 Å². The Morgan fingerprint density at radius 1 is 1.57 bits per heavy atom. The average molecular weight is 319 g/mol. The average Bonchev–Trinajstić information content (AvgIpc) is 2.16. The summed E-state index contributed by atoms with van der Waals surface area (Å²) >= 11 is 6.36. The van der Waals surface area contributed by atoms with Gasteiger partial charge in [-0.1, -0.05) is 15.9 Å².